The zero-order chi connectivity index (χ0) is 81.0. The maximum absolute atomic E-state index is 4.49. The van der Waals surface area contributed by atoms with Crippen molar-refractivity contribution in [1.29, 1.82) is 0 Å². The number of aliphatic imine (C=N–C) groups is 2. The van der Waals surface area contributed by atoms with Gasteiger partial charge in [0.2, 0.25) is 0 Å². The molecule has 107 heavy (non-hydrogen) atoms. The van der Waals surface area contributed by atoms with E-state index in [0.717, 1.165) is 50.8 Å². The highest BCUT2D eigenvalue weighted by Crippen LogP contribution is 2.31. The van der Waals surface area contributed by atoms with Crippen LogP contribution in [0, 0.1) is 12.3 Å². The summed E-state index contributed by atoms with van der Waals surface area (Å²) in [5.74, 6) is 1.94. The molecule has 2 aliphatic rings. The van der Waals surface area contributed by atoms with Gasteiger partial charge in [0.1, 0.15) is 30.4 Å². The summed E-state index contributed by atoms with van der Waals surface area (Å²) in [6.45, 7) is 67.0. The van der Waals surface area contributed by atoms with Gasteiger partial charge in [-0.1, -0.05) is 211 Å². The molecule has 4 N–H and O–H groups in total. The second kappa shape index (κ2) is 37.3. The van der Waals surface area contributed by atoms with Crippen LogP contribution in [0.25, 0.3) is 22.1 Å². The van der Waals surface area contributed by atoms with Gasteiger partial charge in [-0.3, -0.25) is 29.4 Å². The minimum absolute atomic E-state index is 0.0685. The van der Waals surface area contributed by atoms with E-state index in [0.29, 0.717) is 0 Å². The Morgan fingerprint density at radius 1 is 0.467 bits per heavy atom. The Balaban J connectivity index is 0.000000252. The van der Waals surface area contributed by atoms with Crippen molar-refractivity contribution in [3.63, 3.8) is 0 Å². The van der Waals surface area contributed by atoms with Gasteiger partial charge in [0.05, 0.1) is 71.2 Å². The first-order chi connectivity index (χ1) is 49.0. The maximum atomic E-state index is 4.49. The van der Waals surface area contributed by atoms with E-state index in [1.54, 1.807) is 37.6 Å². The van der Waals surface area contributed by atoms with E-state index in [9.17, 15) is 0 Å². The number of nitrogens with one attached hydrogen (secondary N) is 4. The SMILES string of the molecule is CC(C)(C)C1=CC2N=CN=C2C=C1.CC(C)(C)c1ccc2nc[nH]c2c1.CC(C)(C)c1cnc[nH]1.CC(C)(C)c1nc2ccncc2[nH]1.CC(C)(C)c1ncn[nH]1.CC(C)(C)n1ccnc1.Cc1ccc(C(C)(C)C)cn1.Cn1cc(C(C)(C)C)cn1.Cn1ccc(C(C)(C)C)n1.Cn1cncc1C(C)(C)C. The van der Waals surface area contributed by atoms with E-state index in [1.807, 2.05) is 93.3 Å². The van der Waals surface area contributed by atoms with Crippen LogP contribution in [0.1, 0.15) is 259 Å². The Kier molecular flexibility index (Phi) is 31.4. The second-order valence-electron chi connectivity index (χ2n) is 37.4. The number of hydrogen-bond acceptors (Lipinski definition) is 13. The number of allylic oxidation sites excluding steroid dienone is 2. The standard InChI is InChI=1S/2C11H14N2.C10H13N3.C10H15N.3C8H14N2.2C7H12N2.C6H11N3/c2*1-11(2,3)8-4-5-9-10(6-8)13-7-12-9;1-10(2,3)9-12-7-4-5-11-6-8(7)13-9;1-8-5-6-9(7-11-8)10(2,3)4;1-8(2,3)7-5-9-6-10(7)4;1-8(2,3)7-5-9-10(4)6-7;1-8(2,3)7-5-6-10(4)9-7;1-7(2,3)6-4-8-5-9-6;1-7(2,3)9-5-4-8-6-9;1-6(2,3)5-7-4-8-9-5/h4-7H,1-3H3,(H,12,13);4-7,10H,1-3H3;4-6H,1-3H3,(H,12,13);5-7H,1-4H3;3*5-6H,1-4H3;4-5H,1-3H3,(H,8,9);4-6H,1-3H3;4H,1-3H3,(H,7,8,9). The van der Waals surface area contributed by atoms with E-state index in [1.165, 1.54) is 40.0 Å². The van der Waals surface area contributed by atoms with Crippen molar-refractivity contribution >= 4 is 34.1 Å². The molecule has 1 atom stereocenters. The molecule has 1 aliphatic carbocycles. The van der Waals surface area contributed by atoms with E-state index >= 15 is 0 Å². The van der Waals surface area contributed by atoms with E-state index < -0.39 is 0 Å². The number of hydrogen-bond donors (Lipinski definition) is 4. The lowest BCUT2D eigenvalue weighted by Gasteiger charge is -2.23. The Labute approximate surface area is 641 Å². The molecule has 10 aromatic heterocycles. The third-order valence-electron chi connectivity index (χ3n) is 16.8. The summed E-state index contributed by atoms with van der Waals surface area (Å²) in [7, 11) is 5.90. The van der Waals surface area contributed by atoms with Crippen LogP contribution in [0.4, 0.5) is 0 Å². The van der Waals surface area contributed by atoms with Crippen LogP contribution in [-0.4, -0.2) is 112 Å². The molecule has 1 aromatic carbocycles. The summed E-state index contributed by atoms with van der Waals surface area (Å²) >= 11 is 0. The van der Waals surface area contributed by atoms with Crippen LogP contribution < -0.4 is 0 Å². The molecule has 582 valence electrons. The summed E-state index contributed by atoms with van der Waals surface area (Å²) in [6.07, 6.45) is 35.7. The van der Waals surface area contributed by atoms with Gasteiger partial charge in [-0.15, -0.1) is 0 Å². The predicted molar refractivity (Wildman–Crippen MR) is 447 cm³/mol. The van der Waals surface area contributed by atoms with E-state index in [-0.39, 0.29) is 60.3 Å². The second-order valence-corrected chi connectivity index (χ2v) is 37.4. The fourth-order valence-electron chi connectivity index (χ4n) is 9.61. The number of aromatic nitrogens is 19. The molecular weight excluding hydrogens is 1330 g/mol. The minimum atomic E-state index is 0.0685. The highest BCUT2D eigenvalue weighted by atomic mass is 15.3. The highest BCUT2D eigenvalue weighted by molar-refractivity contribution is 6.08. The number of pyridine rings is 2. The molecule has 11 heterocycles. The number of benzene rings is 1. The lowest BCUT2D eigenvalue weighted by Crippen LogP contribution is -2.19. The average Bonchev–Trinajstić information content (AvgIpc) is 1.71. The fraction of sp³-hybridized carbons (Fsp3) is 0.523. The molecule has 13 rings (SSSR count). The summed E-state index contributed by atoms with van der Waals surface area (Å²) in [4.78, 5) is 50.8. The molecule has 0 saturated heterocycles. The van der Waals surface area contributed by atoms with Crippen molar-refractivity contribution in [3.8, 4) is 0 Å². The topological polar surface area (TPSA) is 249 Å². The smallest absolute Gasteiger partial charge is 0.137 e. The van der Waals surface area contributed by atoms with Crippen molar-refractivity contribution in [3.05, 3.63) is 211 Å². The van der Waals surface area contributed by atoms with Gasteiger partial charge >= 0.3 is 0 Å². The van der Waals surface area contributed by atoms with Gasteiger partial charge in [0.15, 0.2) is 0 Å². The molecular formula is C86H133N21. The Hall–Kier alpha value is -9.53. The summed E-state index contributed by atoms with van der Waals surface area (Å²) in [5.41, 5.74) is 17.0. The van der Waals surface area contributed by atoms with Crippen LogP contribution in [0.2, 0.25) is 0 Å². The molecule has 0 bridgehead atoms. The zero-order valence-corrected chi connectivity index (χ0v) is 71.7. The molecule has 21 nitrogen and oxygen atoms in total. The number of nitrogens with zero attached hydrogens (tertiary/aromatic N) is 17. The molecule has 21 heteroatoms. The van der Waals surface area contributed by atoms with Crippen LogP contribution >= 0.6 is 0 Å². The summed E-state index contributed by atoms with van der Waals surface area (Å²) < 4.78 is 7.80. The first-order valence-electron chi connectivity index (χ1n) is 37.0. The normalized spacial score (nSPS) is 13.6. The summed E-state index contributed by atoms with van der Waals surface area (Å²) in [5, 5.41) is 15.0. The molecule has 0 saturated carbocycles. The predicted octanol–water partition coefficient (Wildman–Crippen LogP) is 19.8. The van der Waals surface area contributed by atoms with Crippen LogP contribution in [0.5, 0.6) is 0 Å². The van der Waals surface area contributed by atoms with Crippen LogP contribution in [0.15, 0.2) is 170 Å². The molecule has 1 unspecified atom stereocenters. The Morgan fingerprint density at radius 2 is 1.11 bits per heavy atom. The van der Waals surface area contributed by atoms with E-state index in [4.69, 9.17) is 0 Å². The number of rotatable bonds is 0. The van der Waals surface area contributed by atoms with Gasteiger partial charge in [-0.05, 0) is 108 Å². The third kappa shape index (κ3) is 31.1. The molecule has 0 amide bonds. The largest absolute Gasteiger partial charge is 0.348 e. The third-order valence-corrected chi connectivity index (χ3v) is 16.8. The van der Waals surface area contributed by atoms with Gasteiger partial charge in [-0.25, -0.2) is 34.9 Å². The zero-order valence-electron chi connectivity index (χ0n) is 71.7. The first kappa shape index (κ1) is 89.9. The lowest BCUT2D eigenvalue weighted by molar-refractivity contribution is 0.396. The number of imidazole rings is 5. The molecule has 0 radical (unpaired) electrons. The van der Waals surface area contributed by atoms with Crippen molar-refractivity contribution in [1.82, 2.24) is 93.7 Å². The van der Waals surface area contributed by atoms with E-state index in [2.05, 4.69) is 363 Å². The average molecular weight is 1460 g/mol. The molecule has 0 spiro atoms. The number of aryl methyl sites for hydroxylation is 4. The number of fused-ring (bicyclic) bond motifs is 3. The fourth-order valence-corrected chi connectivity index (χ4v) is 9.61. The van der Waals surface area contributed by atoms with Crippen molar-refractivity contribution in [2.75, 3.05) is 0 Å². The number of aromatic amines is 4. The molecule has 0 fully saturated rings. The maximum Gasteiger partial charge on any atom is 0.137 e. The van der Waals surface area contributed by atoms with Gasteiger partial charge < -0.3 is 24.1 Å². The van der Waals surface area contributed by atoms with Gasteiger partial charge in [-0.2, -0.15) is 15.3 Å². The van der Waals surface area contributed by atoms with Gasteiger partial charge in [0, 0.05) is 120 Å². The quantitative estimate of drug-likeness (QED) is 0.111. The van der Waals surface area contributed by atoms with Gasteiger partial charge in [0.25, 0.3) is 0 Å². The van der Waals surface area contributed by atoms with Crippen LogP contribution in [0.3, 0.4) is 0 Å². The highest BCUT2D eigenvalue weighted by Gasteiger charge is 2.25. The molecule has 1 aliphatic heterocycles. The van der Waals surface area contributed by atoms with Crippen molar-refractivity contribution in [2.45, 2.75) is 270 Å². The monoisotopic (exact) mass is 1460 g/mol. The lowest BCUT2D eigenvalue weighted by atomic mass is 9.82. The minimum Gasteiger partial charge on any atom is -0.348 e. The Bertz CT molecular complexity index is 4260. The molecule has 11 aromatic rings. The number of H-pyrrole nitrogens is 4. The first-order valence-corrected chi connectivity index (χ1v) is 37.0. The summed E-state index contributed by atoms with van der Waals surface area (Å²) in [6, 6.07) is 14.7. The van der Waals surface area contributed by atoms with Crippen molar-refractivity contribution in [2.24, 2.45) is 36.5 Å². The Morgan fingerprint density at radius 3 is 1.50 bits per heavy atom. The van der Waals surface area contributed by atoms with Crippen molar-refractivity contribution < 1.29 is 0 Å². The van der Waals surface area contributed by atoms with Crippen LogP contribution in [-0.2, 0) is 70.0 Å².